The van der Waals surface area contributed by atoms with Crippen LogP contribution >= 0.6 is 0 Å². The molecule has 2 atom stereocenters. The fraction of sp³-hybridized carbons (Fsp3) is 0.300. The van der Waals surface area contributed by atoms with Crippen molar-refractivity contribution >= 4 is 23.4 Å². The molecule has 1 N–H and O–H groups in total. The van der Waals surface area contributed by atoms with Crippen LogP contribution in [0.3, 0.4) is 0 Å². The molecule has 2 aliphatic rings. The second kappa shape index (κ2) is 7.31. The molecule has 1 amide bonds. The lowest BCUT2D eigenvalue weighted by molar-refractivity contribution is -0.384. The van der Waals surface area contributed by atoms with Crippen molar-refractivity contribution in [2.75, 3.05) is 18.5 Å². The molecule has 1 aromatic heterocycles. The lowest BCUT2D eigenvalue weighted by atomic mass is 10.2. The summed E-state index contributed by atoms with van der Waals surface area (Å²) in [5.74, 6) is 1.86. The maximum atomic E-state index is 12.6. The molecule has 9 heteroatoms. The van der Waals surface area contributed by atoms with Gasteiger partial charge in [-0.3, -0.25) is 14.9 Å². The maximum absolute atomic E-state index is 12.6. The first-order chi connectivity index (χ1) is 14.0. The standard InChI is InChI=1S/C20H17N3O6/c1-11-6-14(11)17-3-2-13(29-17)7-12(10-21)20(24)22-15-8-18-19(28-5-4-27-18)9-16(15)23(25)26/h2-3,7-9,11,14H,4-6H2,1H3,(H,22,24)/b12-7+/t11-,14-/m1/s1. The third kappa shape index (κ3) is 3.78. The van der Waals surface area contributed by atoms with Gasteiger partial charge in [-0.2, -0.15) is 5.26 Å². The van der Waals surface area contributed by atoms with E-state index in [0.29, 0.717) is 24.2 Å². The van der Waals surface area contributed by atoms with Crippen LogP contribution in [0.1, 0.15) is 30.8 Å². The van der Waals surface area contributed by atoms with Crippen molar-refractivity contribution in [3.63, 3.8) is 0 Å². The van der Waals surface area contributed by atoms with E-state index in [1.165, 1.54) is 18.2 Å². The van der Waals surface area contributed by atoms with Gasteiger partial charge in [0, 0.05) is 18.1 Å². The number of hydrogen-bond donors (Lipinski definition) is 1. The molecule has 0 saturated heterocycles. The van der Waals surface area contributed by atoms with Crippen LogP contribution in [0.5, 0.6) is 11.5 Å². The number of carbonyl (C=O) groups is 1. The van der Waals surface area contributed by atoms with Crippen molar-refractivity contribution in [3.05, 3.63) is 51.5 Å². The van der Waals surface area contributed by atoms with Crippen molar-refractivity contribution in [1.82, 2.24) is 0 Å². The van der Waals surface area contributed by atoms with E-state index in [9.17, 15) is 20.2 Å². The van der Waals surface area contributed by atoms with Gasteiger partial charge in [0.2, 0.25) is 0 Å². The summed E-state index contributed by atoms with van der Waals surface area (Å²) >= 11 is 0. The number of rotatable bonds is 5. The molecule has 0 unspecified atom stereocenters. The van der Waals surface area contributed by atoms with E-state index in [-0.39, 0.29) is 35.1 Å². The summed E-state index contributed by atoms with van der Waals surface area (Å²) in [7, 11) is 0. The largest absolute Gasteiger partial charge is 0.486 e. The van der Waals surface area contributed by atoms with Crippen LogP contribution in [0.25, 0.3) is 6.08 Å². The minimum Gasteiger partial charge on any atom is -0.486 e. The maximum Gasteiger partial charge on any atom is 0.296 e. The van der Waals surface area contributed by atoms with Crippen molar-refractivity contribution < 1.29 is 23.6 Å². The Labute approximate surface area is 165 Å². The summed E-state index contributed by atoms with van der Waals surface area (Å²) in [4.78, 5) is 23.3. The molecule has 1 aliphatic carbocycles. The Balaban J connectivity index is 1.58. The van der Waals surface area contributed by atoms with Gasteiger partial charge < -0.3 is 19.2 Å². The Morgan fingerprint density at radius 3 is 2.62 bits per heavy atom. The molecule has 1 aliphatic heterocycles. The normalized spacial score (nSPS) is 19.9. The highest BCUT2D eigenvalue weighted by Gasteiger charge is 2.36. The number of amides is 1. The topological polar surface area (TPSA) is 128 Å². The second-order valence-electron chi connectivity index (χ2n) is 6.95. The zero-order valence-corrected chi connectivity index (χ0v) is 15.5. The highest BCUT2D eigenvalue weighted by molar-refractivity contribution is 6.10. The fourth-order valence-corrected chi connectivity index (χ4v) is 3.17. The van der Waals surface area contributed by atoms with E-state index in [1.54, 1.807) is 6.07 Å². The summed E-state index contributed by atoms with van der Waals surface area (Å²) in [6.07, 6.45) is 2.37. The van der Waals surface area contributed by atoms with Crippen molar-refractivity contribution in [3.8, 4) is 17.6 Å². The predicted octanol–water partition coefficient (Wildman–Crippen LogP) is 3.63. The van der Waals surface area contributed by atoms with Crippen molar-refractivity contribution in [2.45, 2.75) is 19.3 Å². The fourth-order valence-electron chi connectivity index (χ4n) is 3.17. The average molecular weight is 395 g/mol. The monoisotopic (exact) mass is 395 g/mol. The molecule has 1 aromatic carbocycles. The number of carbonyl (C=O) groups excluding carboxylic acids is 1. The van der Waals surface area contributed by atoms with E-state index in [2.05, 4.69) is 12.2 Å². The molecule has 0 spiro atoms. The van der Waals surface area contributed by atoms with Gasteiger partial charge in [-0.05, 0) is 24.5 Å². The minimum absolute atomic E-state index is 0.0858. The predicted molar refractivity (Wildman–Crippen MR) is 102 cm³/mol. The van der Waals surface area contributed by atoms with Crippen LogP contribution in [0.4, 0.5) is 11.4 Å². The van der Waals surface area contributed by atoms with E-state index < -0.39 is 10.8 Å². The van der Waals surface area contributed by atoms with E-state index in [4.69, 9.17) is 13.9 Å². The number of hydrogen-bond acceptors (Lipinski definition) is 7. The minimum atomic E-state index is -0.787. The Morgan fingerprint density at radius 1 is 1.31 bits per heavy atom. The molecular weight excluding hydrogens is 378 g/mol. The Morgan fingerprint density at radius 2 is 2.00 bits per heavy atom. The molecular formula is C20H17N3O6. The molecule has 29 heavy (non-hydrogen) atoms. The van der Waals surface area contributed by atoms with Crippen molar-refractivity contribution in [1.29, 1.82) is 5.26 Å². The first-order valence-corrected chi connectivity index (χ1v) is 9.07. The number of benzene rings is 1. The van der Waals surface area contributed by atoms with Crippen LogP contribution in [-0.2, 0) is 4.79 Å². The number of nitro groups is 1. The number of nitrogens with one attached hydrogen (secondary N) is 1. The number of fused-ring (bicyclic) bond motifs is 1. The van der Waals surface area contributed by atoms with Gasteiger partial charge in [-0.1, -0.05) is 6.92 Å². The third-order valence-electron chi connectivity index (χ3n) is 4.88. The summed E-state index contributed by atoms with van der Waals surface area (Å²) in [5.41, 5.74) is -0.681. The summed E-state index contributed by atoms with van der Waals surface area (Å²) in [5, 5.41) is 23.2. The van der Waals surface area contributed by atoms with Gasteiger partial charge >= 0.3 is 0 Å². The number of nitriles is 1. The number of furan rings is 1. The highest BCUT2D eigenvalue weighted by Crippen LogP contribution is 2.47. The third-order valence-corrected chi connectivity index (χ3v) is 4.88. The van der Waals surface area contributed by atoms with E-state index >= 15 is 0 Å². The first kappa shape index (κ1) is 18.6. The molecule has 0 radical (unpaired) electrons. The second-order valence-corrected chi connectivity index (χ2v) is 6.95. The zero-order chi connectivity index (χ0) is 20.5. The number of ether oxygens (including phenoxy) is 2. The average Bonchev–Trinajstić information content (AvgIpc) is 3.25. The summed E-state index contributed by atoms with van der Waals surface area (Å²) in [6, 6.07) is 7.84. The quantitative estimate of drug-likeness (QED) is 0.354. The first-order valence-electron chi connectivity index (χ1n) is 9.07. The highest BCUT2D eigenvalue weighted by atomic mass is 16.6. The van der Waals surface area contributed by atoms with Gasteiger partial charge in [0.05, 0.1) is 11.0 Å². The van der Waals surface area contributed by atoms with E-state index in [0.717, 1.165) is 12.2 Å². The van der Waals surface area contributed by atoms with Crippen molar-refractivity contribution in [2.24, 2.45) is 5.92 Å². The van der Waals surface area contributed by atoms with Gasteiger partial charge in [0.1, 0.15) is 42.1 Å². The molecule has 1 fully saturated rings. The Bertz CT molecular complexity index is 1060. The summed E-state index contributed by atoms with van der Waals surface area (Å²) < 4.78 is 16.4. The lowest BCUT2D eigenvalue weighted by Gasteiger charge is -2.19. The number of nitro benzene ring substituents is 1. The SMILES string of the molecule is C[C@@H]1C[C@H]1c1ccc(/C=C(\C#N)C(=O)Nc2cc3c(cc2[N+](=O)[O-])OCCO3)o1. The molecule has 9 nitrogen and oxygen atoms in total. The number of anilines is 1. The molecule has 148 valence electrons. The Hall–Kier alpha value is -3.80. The zero-order valence-electron chi connectivity index (χ0n) is 15.5. The van der Waals surface area contributed by atoms with Crippen LogP contribution < -0.4 is 14.8 Å². The molecule has 2 heterocycles. The lowest BCUT2D eigenvalue weighted by Crippen LogP contribution is -2.18. The van der Waals surface area contributed by atoms with Crippen LogP contribution in [-0.4, -0.2) is 24.0 Å². The van der Waals surface area contributed by atoms with Gasteiger partial charge in [0.25, 0.3) is 11.6 Å². The van der Waals surface area contributed by atoms with Crippen LogP contribution in [0.2, 0.25) is 0 Å². The molecule has 4 rings (SSSR count). The van der Waals surface area contributed by atoms with Gasteiger partial charge in [-0.25, -0.2) is 0 Å². The Kier molecular flexibility index (Phi) is 4.68. The van der Waals surface area contributed by atoms with Crippen LogP contribution in [0, 0.1) is 27.4 Å². The number of nitrogens with zero attached hydrogens (tertiary/aromatic N) is 2. The molecule has 2 aromatic rings. The smallest absolute Gasteiger partial charge is 0.296 e. The summed E-state index contributed by atoms with van der Waals surface area (Å²) in [6.45, 7) is 2.70. The van der Waals surface area contributed by atoms with Crippen LogP contribution in [0.15, 0.2) is 34.3 Å². The molecule has 1 saturated carbocycles. The van der Waals surface area contributed by atoms with Gasteiger partial charge in [0.15, 0.2) is 11.5 Å². The van der Waals surface area contributed by atoms with Gasteiger partial charge in [-0.15, -0.1) is 0 Å². The molecule has 0 bridgehead atoms. The van der Waals surface area contributed by atoms with E-state index in [1.807, 2.05) is 12.1 Å².